The van der Waals surface area contributed by atoms with Crippen LogP contribution in [0.4, 0.5) is 5.00 Å². The molecule has 90 valence electrons. The first kappa shape index (κ1) is 12.3. The summed E-state index contributed by atoms with van der Waals surface area (Å²) >= 11 is 2.96. The quantitative estimate of drug-likeness (QED) is 0.836. The molecule has 0 saturated heterocycles. The lowest BCUT2D eigenvalue weighted by molar-refractivity contribution is 0.104. The number of rotatable bonds is 2. The van der Waals surface area contributed by atoms with E-state index in [9.17, 15) is 4.79 Å². The number of hydrogen-bond donors (Lipinski definition) is 1. The van der Waals surface area contributed by atoms with Gasteiger partial charge in [0.15, 0.2) is 0 Å². The van der Waals surface area contributed by atoms with Crippen molar-refractivity contribution in [3.05, 3.63) is 38.9 Å². The molecule has 0 saturated carbocycles. The predicted molar refractivity (Wildman–Crippen MR) is 75.2 cm³/mol. The molecule has 0 bridgehead atoms. The lowest BCUT2D eigenvalue weighted by atomic mass is 9.94. The third-order valence-corrected chi connectivity index (χ3v) is 4.75. The van der Waals surface area contributed by atoms with Gasteiger partial charge < -0.3 is 5.73 Å². The summed E-state index contributed by atoms with van der Waals surface area (Å²) in [5.74, 6) is 0.0317. The highest BCUT2D eigenvalue weighted by atomic mass is 32.1. The van der Waals surface area contributed by atoms with Crippen LogP contribution in [0.2, 0.25) is 0 Å². The zero-order valence-electron chi connectivity index (χ0n) is 10.1. The van der Waals surface area contributed by atoms with Crippen LogP contribution in [0.1, 0.15) is 40.9 Å². The second-order valence-electron chi connectivity index (χ2n) is 4.95. The van der Waals surface area contributed by atoms with E-state index < -0.39 is 0 Å². The molecule has 0 fully saturated rings. The number of nitrogen functional groups attached to an aromatic ring is 1. The van der Waals surface area contributed by atoms with Gasteiger partial charge in [-0.1, -0.05) is 26.8 Å². The van der Waals surface area contributed by atoms with Crippen LogP contribution in [0, 0.1) is 0 Å². The van der Waals surface area contributed by atoms with Gasteiger partial charge in [0, 0.05) is 4.88 Å². The predicted octanol–water partition coefficient (Wildman–Crippen LogP) is 3.92. The van der Waals surface area contributed by atoms with Crippen molar-refractivity contribution in [3.8, 4) is 0 Å². The van der Waals surface area contributed by atoms with E-state index in [1.807, 2.05) is 23.6 Å². The summed E-state index contributed by atoms with van der Waals surface area (Å²) in [5.41, 5.74) is 6.62. The highest BCUT2D eigenvalue weighted by molar-refractivity contribution is 7.17. The lowest BCUT2D eigenvalue weighted by Crippen LogP contribution is -2.08. The van der Waals surface area contributed by atoms with E-state index >= 15 is 0 Å². The second kappa shape index (κ2) is 4.27. The molecule has 0 atom stereocenters. The Labute approximate surface area is 109 Å². The topological polar surface area (TPSA) is 43.1 Å². The number of ketones is 1. The van der Waals surface area contributed by atoms with Crippen molar-refractivity contribution >= 4 is 33.5 Å². The molecule has 2 aromatic heterocycles. The molecular weight excluding hydrogens is 250 g/mol. The molecule has 2 aromatic rings. The van der Waals surface area contributed by atoms with E-state index in [1.54, 1.807) is 0 Å². The maximum absolute atomic E-state index is 12.2. The fourth-order valence-corrected chi connectivity index (χ4v) is 3.15. The average molecular weight is 265 g/mol. The van der Waals surface area contributed by atoms with E-state index in [-0.39, 0.29) is 11.2 Å². The Bertz CT molecular complexity index is 532. The van der Waals surface area contributed by atoms with Crippen molar-refractivity contribution in [2.75, 3.05) is 5.73 Å². The third kappa shape index (κ3) is 2.42. The molecule has 0 aliphatic carbocycles. The van der Waals surface area contributed by atoms with E-state index in [0.29, 0.717) is 10.6 Å². The van der Waals surface area contributed by atoms with E-state index in [0.717, 1.165) is 9.75 Å². The molecular formula is C13H15NOS2. The summed E-state index contributed by atoms with van der Waals surface area (Å²) in [5, 5.41) is 2.52. The molecule has 17 heavy (non-hydrogen) atoms. The van der Waals surface area contributed by atoms with Gasteiger partial charge in [0.25, 0.3) is 0 Å². The van der Waals surface area contributed by atoms with Crippen molar-refractivity contribution in [3.63, 3.8) is 0 Å². The van der Waals surface area contributed by atoms with Crippen LogP contribution in [-0.4, -0.2) is 5.78 Å². The molecule has 0 spiro atoms. The van der Waals surface area contributed by atoms with Crippen LogP contribution < -0.4 is 5.73 Å². The lowest BCUT2D eigenvalue weighted by Gasteiger charge is -2.14. The van der Waals surface area contributed by atoms with Gasteiger partial charge in [0.1, 0.15) is 0 Å². The van der Waals surface area contributed by atoms with Crippen molar-refractivity contribution in [2.24, 2.45) is 0 Å². The number of carbonyl (C=O) groups excluding carboxylic acids is 1. The molecule has 2 N–H and O–H groups in total. The maximum atomic E-state index is 12.2. The molecule has 0 unspecified atom stereocenters. The summed E-state index contributed by atoms with van der Waals surface area (Å²) in [7, 11) is 0. The molecule has 2 rings (SSSR count). The summed E-state index contributed by atoms with van der Waals surface area (Å²) in [6, 6.07) is 5.65. The Hall–Kier alpha value is -1.13. The van der Waals surface area contributed by atoms with Gasteiger partial charge in [-0.15, -0.1) is 22.7 Å². The summed E-state index contributed by atoms with van der Waals surface area (Å²) in [6.45, 7) is 6.37. The fraction of sp³-hybridized carbons (Fsp3) is 0.308. The van der Waals surface area contributed by atoms with Crippen molar-refractivity contribution in [2.45, 2.75) is 26.2 Å². The van der Waals surface area contributed by atoms with Crippen molar-refractivity contribution in [1.82, 2.24) is 0 Å². The van der Waals surface area contributed by atoms with E-state index in [1.165, 1.54) is 22.7 Å². The Morgan fingerprint density at radius 2 is 2.06 bits per heavy atom. The number of thiophene rings is 2. The molecule has 0 amide bonds. The molecule has 4 heteroatoms. The molecule has 0 aliphatic rings. The number of carbonyl (C=O) groups is 1. The zero-order valence-corrected chi connectivity index (χ0v) is 11.7. The van der Waals surface area contributed by atoms with Crippen LogP contribution in [-0.2, 0) is 5.41 Å². The van der Waals surface area contributed by atoms with E-state index in [2.05, 4.69) is 20.8 Å². The van der Waals surface area contributed by atoms with Crippen LogP contribution >= 0.6 is 22.7 Å². The van der Waals surface area contributed by atoms with Crippen LogP contribution in [0.5, 0.6) is 0 Å². The summed E-state index contributed by atoms with van der Waals surface area (Å²) < 4.78 is 0. The van der Waals surface area contributed by atoms with E-state index in [4.69, 9.17) is 5.73 Å². The summed E-state index contributed by atoms with van der Waals surface area (Å²) in [6.07, 6.45) is 0. The maximum Gasteiger partial charge on any atom is 0.205 e. The Balaban J connectivity index is 2.41. The monoisotopic (exact) mass is 265 g/mol. The standard InChI is InChI=1S/C13H15NOS2/c1-13(2,3)10-7-8(12(14)17-10)11(15)9-5-4-6-16-9/h4-7H,14H2,1-3H3. The molecule has 2 heterocycles. The van der Waals surface area contributed by atoms with Gasteiger partial charge in [0.05, 0.1) is 15.4 Å². The zero-order chi connectivity index (χ0) is 12.6. The average Bonchev–Trinajstić information content (AvgIpc) is 2.83. The third-order valence-electron chi connectivity index (χ3n) is 2.49. The smallest absolute Gasteiger partial charge is 0.205 e. The van der Waals surface area contributed by atoms with Crippen molar-refractivity contribution < 1.29 is 4.79 Å². The van der Waals surface area contributed by atoms with Gasteiger partial charge in [-0.3, -0.25) is 4.79 Å². The SMILES string of the molecule is CC(C)(C)c1cc(C(=O)c2cccs2)c(N)s1. The molecule has 0 radical (unpaired) electrons. The highest BCUT2D eigenvalue weighted by Gasteiger charge is 2.22. The minimum atomic E-state index is 0.0317. The van der Waals surface area contributed by atoms with Gasteiger partial charge in [-0.2, -0.15) is 0 Å². The minimum Gasteiger partial charge on any atom is -0.390 e. The summed E-state index contributed by atoms with van der Waals surface area (Å²) in [4.78, 5) is 14.1. The first-order valence-electron chi connectivity index (χ1n) is 5.37. The molecule has 0 aromatic carbocycles. The largest absolute Gasteiger partial charge is 0.390 e. The first-order valence-corrected chi connectivity index (χ1v) is 7.07. The Morgan fingerprint density at radius 3 is 2.53 bits per heavy atom. The normalized spacial score (nSPS) is 11.7. The van der Waals surface area contributed by atoms with Crippen LogP contribution in [0.25, 0.3) is 0 Å². The van der Waals surface area contributed by atoms with Gasteiger partial charge >= 0.3 is 0 Å². The Kier molecular flexibility index (Phi) is 3.10. The number of anilines is 1. The molecule has 2 nitrogen and oxygen atoms in total. The molecule has 0 aliphatic heterocycles. The first-order chi connectivity index (χ1) is 7.89. The van der Waals surface area contributed by atoms with Gasteiger partial charge in [-0.25, -0.2) is 0 Å². The second-order valence-corrected chi connectivity index (χ2v) is 6.98. The van der Waals surface area contributed by atoms with Crippen LogP contribution in [0.15, 0.2) is 23.6 Å². The van der Waals surface area contributed by atoms with Crippen molar-refractivity contribution in [1.29, 1.82) is 0 Å². The highest BCUT2D eigenvalue weighted by Crippen LogP contribution is 2.35. The Morgan fingerprint density at radius 1 is 1.35 bits per heavy atom. The van der Waals surface area contributed by atoms with Gasteiger partial charge in [-0.05, 0) is 22.9 Å². The fourth-order valence-electron chi connectivity index (χ4n) is 1.49. The number of hydrogen-bond acceptors (Lipinski definition) is 4. The van der Waals surface area contributed by atoms with Gasteiger partial charge in [0.2, 0.25) is 5.78 Å². The number of nitrogens with two attached hydrogens (primary N) is 1. The van der Waals surface area contributed by atoms with Crippen LogP contribution in [0.3, 0.4) is 0 Å². The minimum absolute atomic E-state index is 0.0317.